The largest absolute Gasteiger partial charge is 0.376 e. The molecule has 0 bridgehead atoms. The standard InChI is InChI=1S/C3H6O5S2/c1-2-3-9(4,5)10(6,7)8/h2-3H,1H3,(H,6,7,8). The molecule has 0 radical (unpaired) electrons. The predicted molar refractivity (Wildman–Crippen MR) is 35.3 cm³/mol. The predicted octanol–water partition coefficient (Wildman–Crippen LogP) is -0.262. The second-order valence-electron chi connectivity index (χ2n) is 1.39. The fourth-order valence-electron chi connectivity index (χ4n) is 0.237. The van der Waals surface area contributed by atoms with Gasteiger partial charge in [-0.3, -0.25) is 4.55 Å². The highest BCUT2D eigenvalue weighted by atomic mass is 33.2. The van der Waals surface area contributed by atoms with Gasteiger partial charge in [0, 0.05) is 5.41 Å². The summed E-state index contributed by atoms with van der Waals surface area (Å²) in [6, 6.07) is 0. The van der Waals surface area contributed by atoms with Crippen LogP contribution in [-0.4, -0.2) is 21.4 Å². The highest BCUT2D eigenvalue weighted by Gasteiger charge is 2.22. The lowest BCUT2D eigenvalue weighted by molar-refractivity contribution is 0.494. The summed E-state index contributed by atoms with van der Waals surface area (Å²) >= 11 is 0. The maximum Gasteiger partial charge on any atom is 0.376 e. The van der Waals surface area contributed by atoms with E-state index in [1.807, 2.05) is 0 Å². The van der Waals surface area contributed by atoms with E-state index in [9.17, 15) is 16.8 Å². The first-order chi connectivity index (χ1) is 4.31. The summed E-state index contributed by atoms with van der Waals surface area (Å²) < 4.78 is 48.6. The van der Waals surface area contributed by atoms with Crippen LogP contribution in [0, 0.1) is 0 Å². The molecule has 0 aromatic carbocycles. The third-order valence-corrected chi connectivity index (χ3v) is 3.88. The van der Waals surface area contributed by atoms with Crippen molar-refractivity contribution < 1.29 is 21.4 Å². The number of allylic oxidation sites excluding steroid dienone is 1. The SMILES string of the molecule is CC=CS(=O)(=O)S(=O)(=O)O. The average Bonchev–Trinajstić information content (AvgIpc) is 1.61. The zero-order chi connectivity index (χ0) is 8.41. The first-order valence-electron chi connectivity index (χ1n) is 2.16. The lowest BCUT2D eigenvalue weighted by Gasteiger charge is -1.89. The van der Waals surface area contributed by atoms with Crippen molar-refractivity contribution in [3.8, 4) is 0 Å². The molecule has 0 amide bonds. The fourth-order valence-corrected chi connectivity index (χ4v) is 1.47. The van der Waals surface area contributed by atoms with Crippen LogP contribution in [0.15, 0.2) is 11.5 Å². The molecule has 0 unspecified atom stereocenters. The van der Waals surface area contributed by atoms with Crippen LogP contribution in [0.2, 0.25) is 0 Å². The molecule has 0 saturated carbocycles. The third kappa shape index (κ3) is 2.09. The van der Waals surface area contributed by atoms with Crippen LogP contribution in [-0.2, 0) is 18.0 Å². The minimum absolute atomic E-state index is 0.405. The Labute approximate surface area is 58.4 Å². The van der Waals surface area contributed by atoms with Crippen LogP contribution in [0.25, 0.3) is 0 Å². The average molecular weight is 186 g/mol. The van der Waals surface area contributed by atoms with Gasteiger partial charge in [-0.1, -0.05) is 6.08 Å². The number of hydrogen-bond acceptors (Lipinski definition) is 4. The highest BCUT2D eigenvalue weighted by Crippen LogP contribution is 2.00. The Hall–Kier alpha value is -0.400. The van der Waals surface area contributed by atoms with Gasteiger partial charge < -0.3 is 0 Å². The summed E-state index contributed by atoms with van der Waals surface area (Å²) in [5.74, 6) is 0. The van der Waals surface area contributed by atoms with Crippen LogP contribution in [0.3, 0.4) is 0 Å². The number of hydrogen-bond donors (Lipinski definition) is 1. The molecule has 0 atom stereocenters. The topological polar surface area (TPSA) is 88.5 Å². The van der Waals surface area contributed by atoms with Gasteiger partial charge in [0.1, 0.15) is 0 Å². The summed E-state index contributed by atoms with van der Waals surface area (Å²) in [7, 11) is -9.48. The Morgan fingerprint density at radius 1 is 1.20 bits per heavy atom. The summed E-state index contributed by atoms with van der Waals surface area (Å²) in [5, 5.41) is 0.405. The van der Waals surface area contributed by atoms with Gasteiger partial charge in [-0.25, -0.2) is 8.42 Å². The van der Waals surface area contributed by atoms with Crippen molar-refractivity contribution in [2.24, 2.45) is 0 Å². The van der Waals surface area contributed by atoms with E-state index in [4.69, 9.17) is 4.55 Å². The van der Waals surface area contributed by atoms with Gasteiger partial charge in [0.15, 0.2) is 0 Å². The Morgan fingerprint density at radius 2 is 1.60 bits per heavy atom. The summed E-state index contributed by atoms with van der Waals surface area (Å²) in [5.41, 5.74) is 0. The number of rotatable bonds is 2. The van der Waals surface area contributed by atoms with E-state index in [1.54, 1.807) is 0 Å². The molecule has 1 N–H and O–H groups in total. The first-order valence-corrected chi connectivity index (χ1v) is 5.67. The van der Waals surface area contributed by atoms with Gasteiger partial charge in [0.2, 0.25) is 0 Å². The van der Waals surface area contributed by atoms with Crippen molar-refractivity contribution in [2.75, 3.05) is 0 Å². The van der Waals surface area contributed by atoms with Gasteiger partial charge in [0.05, 0.1) is 0 Å². The lowest BCUT2D eigenvalue weighted by Crippen LogP contribution is -2.10. The molecular formula is C3H6O5S2. The van der Waals surface area contributed by atoms with E-state index in [0.29, 0.717) is 5.41 Å². The maximum atomic E-state index is 10.3. The molecule has 0 spiro atoms. The smallest absolute Gasteiger partial charge is 0.273 e. The van der Waals surface area contributed by atoms with E-state index >= 15 is 0 Å². The molecule has 0 aliphatic heterocycles. The molecule has 0 aromatic rings. The molecule has 0 heterocycles. The molecule has 0 aromatic heterocycles. The minimum atomic E-state index is -4.98. The fraction of sp³-hybridized carbons (Fsp3) is 0.333. The van der Waals surface area contributed by atoms with Gasteiger partial charge >= 0.3 is 9.15 Å². The molecule has 0 saturated heterocycles. The molecule has 0 aliphatic carbocycles. The quantitative estimate of drug-likeness (QED) is 0.474. The van der Waals surface area contributed by atoms with E-state index in [1.165, 1.54) is 6.92 Å². The van der Waals surface area contributed by atoms with E-state index in [0.717, 1.165) is 6.08 Å². The van der Waals surface area contributed by atoms with E-state index in [2.05, 4.69) is 0 Å². The van der Waals surface area contributed by atoms with Crippen LogP contribution in [0.4, 0.5) is 0 Å². The Morgan fingerprint density at radius 3 is 1.70 bits per heavy atom. The molecule has 7 heteroatoms. The monoisotopic (exact) mass is 186 g/mol. The molecule has 0 fully saturated rings. The molecule has 60 valence electrons. The second-order valence-corrected chi connectivity index (χ2v) is 6.16. The maximum absolute atomic E-state index is 10.3. The van der Waals surface area contributed by atoms with Crippen molar-refractivity contribution in [3.05, 3.63) is 11.5 Å². The summed E-state index contributed by atoms with van der Waals surface area (Å²) in [6.07, 6.45) is 1.00. The van der Waals surface area contributed by atoms with Crippen molar-refractivity contribution >= 4 is 18.0 Å². The Bertz CT molecular complexity index is 318. The van der Waals surface area contributed by atoms with Crippen molar-refractivity contribution in [2.45, 2.75) is 6.92 Å². The lowest BCUT2D eigenvalue weighted by atomic mass is 10.8. The van der Waals surface area contributed by atoms with E-state index in [-0.39, 0.29) is 0 Å². The zero-order valence-corrected chi connectivity index (χ0v) is 6.68. The molecular weight excluding hydrogens is 180 g/mol. The summed E-state index contributed by atoms with van der Waals surface area (Å²) in [4.78, 5) is 0. The van der Waals surface area contributed by atoms with Crippen LogP contribution >= 0.6 is 0 Å². The van der Waals surface area contributed by atoms with Crippen LogP contribution in [0.5, 0.6) is 0 Å². The minimum Gasteiger partial charge on any atom is -0.273 e. The molecule has 10 heavy (non-hydrogen) atoms. The van der Waals surface area contributed by atoms with Gasteiger partial charge in [-0.05, 0) is 6.92 Å². The zero-order valence-electron chi connectivity index (χ0n) is 5.05. The van der Waals surface area contributed by atoms with Crippen LogP contribution < -0.4 is 0 Å². The van der Waals surface area contributed by atoms with Crippen molar-refractivity contribution in [1.82, 2.24) is 0 Å². The van der Waals surface area contributed by atoms with Crippen LogP contribution in [0.1, 0.15) is 6.92 Å². The molecule has 0 aliphatic rings. The van der Waals surface area contributed by atoms with Gasteiger partial charge in [0.25, 0.3) is 8.87 Å². The van der Waals surface area contributed by atoms with Gasteiger partial charge in [-0.2, -0.15) is 8.42 Å². The molecule has 0 rings (SSSR count). The van der Waals surface area contributed by atoms with Crippen molar-refractivity contribution in [1.29, 1.82) is 0 Å². The first kappa shape index (κ1) is 9.60. The van der Waals surface area contributed by atoms with Gasteiger partial charge in [-0.15, -0.1) is 0 Å². The Balaban J connectivity index is 5.20. The normalized spacial score (nSPS) is 14.2. The second kappa shape index (κ2) is 2.69. The third-order valence-electron chi connectivity index (χ3n) is 0.596. The highest BCUT2D eigenvalue weighted by molar-refractivity contribution is 8.66. The Kier molecular flexibility index (Phi) is 2.58. The summed E-state index contributed by atoms with van der Waals surface area (Å²) in [6.45, 7) is 1.32. The van der Waals surface area contributed by atoms with E-state index < -0.39 is 18.0 Å². The molecule has 5 nitrogen and oxygen atoms in total. The van der Waals surface area contributed by atoms with Crippen molar-refractivity contribution in [3.63, 3.8) is 0 Å².